The van der Waals surface area contributed by atoms with Crippen molar-refractivity contribution in [2.75, 3.05) is 0 Å². The number of benzene rings is 2. The second kappa shape index (κ2) is 6.82. The number of Topliss-reactive ketones (excluding diaryl/α,β-unsaturated/α-hetero) is 1. The van der Waals surface area contributed by atoms with Gasteiger partial charge in [-0.25, -0.2) is 9.78 Å². The molecule has 2 aliphatic rings. The van der Waals surface area contributed by atoms with Crippen molar-refractivity contribution in [2.45, 2.75) is 38.4 Å². The van der Waals surface area contributed by atoms with Crippen LogP contribution < -0.4 is 0 Å². The Labute approximate surface area is 154 Å². The Kier molecular flexibility index (Phi) is 4.51. The molecule has 2 bridgehead atoms. The zero-order valence-corrected chi connectivity index (χ0v) is 15.2. The van der Waals surface area contributed by atoms with Gasteiger partial charge in [0.15, 0.2) is 0 Å². The molecule has 1 aliphatic heterocycles. The molecule has 0 N–H and O–H groups in total. The molecule has 2 aromatic carbocycles. The summed E-state index contributed by atoms with van der Waals surface area (Å²) < 4.78 is 0. The highest BCUT2D eigenvalue weighted by atomic mass is 17.2. The molecule has 26 heavy (non-hydrogen) atoms. The molecular formula is C23H24O3. The van der Waals surface area contributed by atoms with Crippen LogP contribution in [0.2, 0.25) is 0 Å². The Bertz CT molecular complexity index is 809. The summed E-state index contributed by atoms with van der Waals surface area (Å²) in [7, 11) is 0. The molecule has 2 aromatic rings. The summed E-state index contributed by atoms with van der Waals surface area (Å²) in [5.74, 6) is 0.386. The summed E-state index contributed by atoms with van der Waals surface area (Å²) >= 11 is 0. The molecule has 1 saturated heterocycles. The average Bonchev–Trinajstić information content (AvgIpc) is 2.68. The minimum absolute atomic E-state index is 0.0645. The van der Waals surface area contributed by atoms with Crippen molar-refractivity contribution in [3.63, 3.8) is 0 Å². The molecule has 0 spiro atoms. The summed E-state index contributed by atoms with van der Waals surface area (Å²) in [6.07, 6.45) is 5.43. The van der Waals surface area contributed by atoms with Gasteiger partial charge in [-0.05, 0) is 36.1 Å². The van der Waals surface area contributed by atoms with Crippen LogP contribution in [0.5, 0.6) is 0 Å². The van der Waals surface area contributed by atoms with E-state index in [0.29, 0.717) is 6.42 Å². The fourth-order valence-corrected chi connectivity index (χ4v) is 3.84. The third-order valence-electron chi connectivity index (χ3n) is 5.82. The number of hydrogen-bond acceptors (Lipinski definition) is 3. The summed E-state index contributed by atoms with van der Waals surface area (Å²) in [6.45, 7) is 3.94. The first-order chi connectivity index (χ1) is 12.5. The molecular weight excluding hydrogens is 324 g/mol. The minimum Gasteiger partial charge on any atom is -0.299 e. The number of rotatable bonds is 3. The van der Waals surface area contributed by atoms with E-state index >= 15 is 0 Å². The van der Waals surface area contributed by atoms with Gasteiger partial charge in [-0.1, -0.05) is 67.6 Å². The van der Waals surface area contributed by atoms with Crippen molar-refractivity contribution in [3.8, 4) is 11.1 Å². The highest BCUT2D eigenvalue weighted by Crippen LogP contribution is 2.43. The van der Waals surface area contributed by atoms with Crippen molar-refractivity contribution in [3.05, 3.63) is 66.2 Å². The molecule has 1 aliphatic carbocycles. The van der Waals surface area contributed by atoms with Crippen LogP contribution in [0.1, 0.15) is 32.3 Å². The van der Waals surface area contributed by atoms with Gasteiger partial charge in [0.1, 0.15) is 17.5 Å². The average molecular weight is 348 g/mol. The van der Waals surface area contributed by atoms with E-state index in [9.17, 15) is 4.79 Å². The number of hydrogen-bond donors (Lipinski definition) is 0. The summed E-state index contributed by atoms with van der Waals surface area (Å²) in [4.78, 5) is 23.4. The van der Waals surface area contributed by atoms with E-state index in [0.717, 1.165) is 12.0 Å². The maximum absolute atomic E-state index is 12.2. The predicted molar refractivity (Wildman–Crippen MR) is 102 cm³/mol. The van der Waals surface area contributed by atoms with Gasteiger partial charge in [-0.3, -0.25) is 4.79 Å². The quantitative estimate of drug-likeness (QED) is 0.726. The van der Waals surface area contributed by atoms with Gasteiger partial charge in [0, 0.05) is 18.3 Å². The number of carbonyl (C=O) groups is 1. The number of ketones is 1. The van der Waals surface area contributed by atoms with Crippen LogP contribution in [0.3, 0.4) is 0 Å². The first-order valence-corrected chi connectivity index (χ1v) is 9.27. The van der Waals surface area contributed by atoms with Gasteiger partial charge in [0.05, 0.1) is 0 Å². The van der Waals surface area contributed by atoms with Crippen LogP contribution in [0.4, 0.5) is 0 Å². The van der Waals surface area contributed by atoms with Crippen molar-refractivity contribution < 1.29 is 14.6 Å². The third kappa shape index (κ3) is 3.25. The van der Waals surface area contributed by atoms with E-state index in [1.54, 1.807) is 0 Å². The molecule has 0 aromatic heterocycles. The van der Waals surface area contributed by atoms with Gasteiger partial charge in [0.25, 0.3) is 0 Å². The van der Waals surface area contributed by atoms with E-state index in [-0.39, 0.29) is 23.7 Å². The van der Waals surface area contributed by atoms with Gasteiger partial charge in [-0.2, -0.15) is 0 Å². The summed E-state index contributed by atoms with van der Waals surface area (Å²) in [5.41, 5.74) is 2.94. The Hall–Kier alpha value is -2.23. The molecule has 1 heterocycles. The van der Waals surface area contributed by atoms with E-state index in [1.165, 1.54) is 11.1 Å². The lowest BCUT2D eigenvalue weighted by atomic mass is 9.71. The Morgan fingerprint density at radius 2 is 1.73 bits per heavy atom. The summed E-state index contributed by atoms with van der Waals surface area (Å²) in [5, 5.41) is 0. The number of carbonyl (C=O) groups excluding carboxylic acids is 1. The normalized spacial score (nSPS) is 31.3. The highest BCUT2D eigenvalue weighted by molar-refractivity contribution is 5.82. The first-order valence-electron chi connectivity index (χ1n) is 9.27. The van der Waals surface area contributed by atoms with Gasteiger partial charge < -0.3 is 0 Å². The largest absolute Gasteiger partial charge is 0.299 e. The number of fused-ring (bicyclic) bond motifs is 2. The third-order valence-corrected chi connectivity index (χ3v) is 5.82. The molecule has 3 heteroatoms. The van der Waals surface area contributed by atoms with Crippen molar-refractivity contribution >= 4 is 11.9 Å². The monoisotopic (exact) mass is 348 g/mol. The van der Waals surface area contributed by atoms with Crippen molar-refractivity contribution in [1.29, 1.82) is 0 Å². The minimum atomic E-state index is -0.565. The molecule has 3 nitrogen and oxygen atoms in total. The van der Waals surface area contributed by atoms with Crippen LogP contribution in [-0.4, -0.2) is 17.5 Å². The lowest BCUT2D eigenvalue weighted by Gasteiger charge is -2.45. The lowest BCUT2D eigenvalue weighted by Crippen LogP contribution is -2.51. The topological polar surface area (TPSA) is 35.5 Å². The Morgan fingerprint density at radius 3 is 2.46 bits per heavy atom. The van der Waals surface area contributed by atoms with Crippen molar-refractivity contribution in [1.82, 2.24) is 0 Å². The fraction of sp³-hybridized carbons (Fsp3) is 0.348. The standard InChI is InChI=1S/C23H24O3/c1-16-21(24)14-20-15-22(16)25-26-23(20,2)13-12-17-8-10-19(11-9-17)18-6-4-3-5-7-18/h3-13,16,20,22H,14-15H2,1-2H3. The van der Waals surface area contributed by atoms with Crippen LogP contribution in [0.25, 0.3) is 17.2 Å². The molecule has 1 saturated carbocycles. The SMILES string of the molecule is CC1C(=O)CC2CC1OOC2(C)C=Cc1ccc(-c2ccccc2)cc1. The van der Waals surface area contributed by atoms with Crippen LogP contribution in [0, 0.1) is 11.8 Å². The van der Waals surface area contributed by atoms with Crippen LogP contribution >= 0.6 is 0 Å². The van der Waals surface area contributed by atoms with Gasteiger partial charge >= 0.3 is 0 Å². The zero-order chi connectivity index (χ0) is 18.1. The Morgan fingerprint density at radius 1 is 1.04 bits per heavy atom. The predicted octanol–water partition coefficient (Wildman–Crippen LogP) is 5.07. The Balaban J connectivity index is 1.50. The molecule has 0 amide bonds. The highest BCUT2D eigenvalue weighted by Gasteiger charge is 2.48. The molecule has 2 fully saturated rings. The molecule has 134 valence electrons. The van der Waals surface area contributed by atoms with E-state index in [2.05, 4.69) is 42.5 Å². The second-order valence-corrected chi connectivity index (χ2v) is 7.61. The van der Waals surface area contributed by atoms with Gasteiger partial charge in [-0.15, -0.1) is 0 Å². The molecule has 0 radical (unpaired) electrons. The maximum atomic E-state index is 12.2. The first kappa shape index (κ1) is 17.2. The van der Waals surface area contributed by atoms with Gasteiger partial charge in [0.2, 0.25) is 0 Å². The second-order valence-electron chi connectivity index (χ2n) is 7.61. The smallest absolute Gasteiger partial charge is 0.138 e. The van der Waals surface area contributed by atoms with Crippen LogP contribution in [-0.2, 0) is 14.6 Å². The van der Waals surface area contributed by atoms with E-state index in [1.807, 2.05) is 38.1 Å². The summed E-state index contributed by atoms with van der Waals surface area (Å²) in [6, 6.07) is 18.8. The molecule has 4 atom stereocenters. The van der Waals surface area contributed by atoms with Crippen molar-refractivity contribution in [2.24, 2.45) is 11.8 Å². The maximum Gasteiger partial charge on any atom is 0.138 e. The lowest BCUT2D eigenvalue weighted by molar-refractivity contribution is -0.415. The van der Waals surface area contributed by atoms with E-state index < -0.39 is 5.60 Å². The van der Waals surface area contributed by atoms with E-state index in [4.69, 9.17) is 9.78 Å². The molecule has 4 rings (SSSR count). The zero-order valence-electron chi connectivity index (χ0n) is 15.2. The van der Waals surface area contributed by atoms with Crippen LogP contribution in [0.15, 0.2) is 60.7 Å². The fourth-order valence-electron chi connectivity index (χ4n) is 3.84. The molecule has 4 unspecified atom stereocenters.